The van der Waals surface area contributed by atoms with Gasteiger partial charge in [0.25, 0.3) is 0 Å². The summed E-state index contributed by atoms with van der Waals surface area (Å²) in [4.78, 5) is 0.284. The third kappa shape index (κ3) is 2.56. The molecule has 1 unspecified atom stereocenters. The van der Waals surface area contributed by atoms with E-state index >= 15 is 0 Å². The Kier molecular flexibility index (Phi) is 3.50. The van der Waals surface area contributed by atoms with E-state index in [-0.39, 0.29) is 22.4 Å². The van der Waals surface area contributed by atoms with E-state index in [9.17, 15) is 8.60 Å². The molecule has 0 heterocycles. The van der Waals surface area contributed by atoms with Gasteiger partial charge in [0.2, 0.25) is 0 Å². The molecule has 1 aromatic rings. The molecule has 1 aromatic carbocycles. The van der Waals surface area contributed by atoms with Crippen molar-refractivity contribution in [3.63, 3.8) is 0 Å². The minimum atomic E-state index is -2.80. The molecule has 0 aliphatic rings. The van der Waals surface area contributed by atoms with E-state index in [0.29, 0.717) is 5.56 Å². The van der Waals surface area contributed by atoms with Crippen molar-refractivity contribution in [1.29, 1.82) is 4.78 Å². The summed E-state index contributed by atoms with van der Waals surface area (Å²) >= 11 is 0. The Balaban J connectivity index is 3.24. The van der Waals surface area contributed by atoms with Crippen molar-refractivity contribution in [2.45, 2.75) is 31.6 Å². The first-order valence-electron chi connectivity index (χ1n) is 4.94. The lowest BCUT2D eigenvalue weighted by atomic mass is 10.0. The maximum Gasteiger partial charge on any atom is 0.127 e. The number of benzene rings is 1. The number of hydrogen-bond acceptors (Lipinski definition) is 2. The van der Waals surface area contributed by atoms with Crippen LogP contribution in [0.15, 0.2) is 23.1 Å². The Morgan fingerprint density at radius 1 is 1.47 bits per heavy atom. The second kappa shape index (κ2) is 4.31. The number of rotatable bonds is 3. The molecule has 0 aliphatic heterocycles. The first-order valence-corrected chi connectivity index (χ1v) is 6.67. The first kappa shape index (κ1) is 12.2. The van der Waals surface area contributed by atoms with Gasteiger partial charge < -0.3 is 0 Å². The highest BCUT2D eigenvalue weighted by Crippen LogP contribution is 2.22. The van der Waals surface area contributed by atoms with Crippen molar-refractivity contribution in [3.8, 4) is 0 Å². The Hall–Kier alpha value is -0.900. The summed E-state index contributed by atoms with van der Waals surface area (Å²) in [6.45, 7) is 5.47. The molecular formula is C11H16FNOS. The molecule has 0 amide bonds. The lowest BCUT2D eigenvalue weighted by Crippen LogP contribution is -2.03. The van der Waals surface area contributed by atoms with Gasteiger partial charge in [0.15, 0.2) is 0 Å². The molecule has 15 heavy (non-hydrogen) atoms. The molecule has 2 nitrogen and oxygen atoms in total. The fourth-order valence-corrected chi connectivity index (χ4v) is 2.26. The molecule has 0 aromatic heterocycles. The van der Waals surface area contributed by atoms with E-state index in [1.165, 1.54) is 6.07 Å². The SMILES string of the molecule is CCS(=N)(=O)c1ccc(C(C)C)c(F)c1. The van der Waals surface area contributed by atoms with Crippen LogP contribution in [0.25, 0.3) is 0 Å². The van der Waals surface area contributed by atoms with Crippen LogP contribution in [-0.4, -0.2) is 9.96 Å². The highest BCUT2D eigenvalue weighted by Gasteiger charge is 2.12. The van der Waals surface area contributed by atoms with Gasteiger partial charge in [0.1, 0.15) is 5.82 Å². The highest BCUT2D eigenvalue weighted by molar-refractivity contribution is 7.92. The molecule has 0 saturated heterocycles. The van der Waals surface area contributed by atoms with Crippen molar-refractivity contribution < 1.29 is 8.60 Å². The van der Waals surface area contributed by atoms with Gasteiger partial charge in [-0.15, -0.1) is 0 Å². The fraction of sp³-hybridized carbons (Fsp3) is 0.455. The van der Waals surface area contributed by atoms with Gasteiger partial charge in [-0.3, -0.25) is 0 Å². The van der Waals surface area contributed by atoms with Gasteiger partial charge >= 0.3 is 0 Å². The second-order valence-electron chi connectivity index (χ2n) is 3.80. The van der Waals surface area contributed by atoms with E-state index in [2.05, 4.69) is 0 Å². The Bertz CT molecular complexity index is 452. The van der Waals surface area contributed by atoms with Crippen molar-refractivity contribution in [2.24, 2.45) is 0 Å². The predicted octanol–water partition coefficient (Wildman–Crippen LogP) is 3.37. The van der Waals surface area contributed by atoms with Crippen LogP contribution in [0.5, 0.6) is 0 Å². The molecule has 0 aliphatic carbocycles. The van der Waals surface area contributed by atoms with Crippen molar-refractivity contribution in [2.75, 3.05) is 5.75 Å². The lowest BCUT2D eigenvalue weighted by molar-refractivity contribution is 0.593. The van der Waals surface area contributed by atoms with Gasteiger partial charge in [-0.05, 0) is 23.6 Å². The van der Waals surface area contributed by atoms with Crippen LogP contribution in [-0.2, 0) is 9.73 Å². The van der Waals surface area contributed by atoms with Crippen molar-refractivity contribution >= 4 is 9.73 Å². The monoisotopic (exact) mass is 229 g/mol. The molecule has 0 fully saturated rings. The maximum atomic E-state index is 13.6. The zero-order valence-corrected chi connectivity index (χ0v) is 10.0. The molecule has 4 heteroatoms. The summed E-state index contributed by atoms with van der Waals surface area (Å²) in [7, 11) is -2.80. The van der Waals surface area contributed by atoms with Crippen molar-refractivity contribution in [3.05, 3.63) is 29.6 Å². The molecule has 84 valence electrons. The molecule has 1 atom stereocenters. The van der Waals surface area contributed by atoms with Crippen LogP contribution in [0.2, 0.25) is 0 Å². The Morgan fingerprint density at radius 2 is 2.07 bits per heavy atom. The number of hydrogen-bond donors (Lipinski definition) is 1. The van der Waals surface area contributed by atoms with Gasteiger partial charge in [0, 0.05) is 5.75 Å². The average molecular weight is 229 g/mol. The summed E-state index contributed by atoms with van der Waals surface area (Å²) in [5.41, 5.74) is 0.602. The van der Waals surface area contributed by atoms with Gasteiger partial charge in [-0.1, -0.05) is 26.8 Å². The first-order chi connectivity index (χ1) is 6.88. The van der Waals surface area contributed by atoms with Crippen LogP contribution < -0.4 is 0 Å². The summed E-state index contributed by atoms with van der Waals surface area (Å²) in [6.07, 6.45) is 0. The maximum absolute atomic E-state index is 13.6. The van der Waals surface area contributed by atoms with E-state index in [1.54, 1.807) is 19.1 Å². The van der Waals surface area contributed by atoms with E-state index in [4.69, 9.17) is 4.78 Å². The van der Waals surface area contributed by atoms with Crippen molar-refractivity contribution in [1.82, 2.24) is 0 Å². The third-order valence-corrected chi connectivity index (χ3v) is 4.21. The molecule has 0 saturated carbocycles. The molecule has 0 spiro atoms. The predicted molar refractivity (Wildman–Crippen MR) is 60.2 cm³/mol. The van der Waals surface area contributed by atoms with Crippen LogP contribution >= 0.6 is 0 Å². The quantitative estimate of drug-likeness (QED) is 0.848. The van der Waals surface area contributed by atoms with Crippen LogP contribution in [0, 0.1) is 10.6 Å². The molecule has 1 rings (SSSR count). The molecule has 1 N–H and O–H groups in total. The zero-order valence-electron chi connectivity index (χ0n) is 9.21. The smallest absolute Gasteiger partial charge is 0.127 e. The summed E-state index contributed by atoms with van der Waals surface area (Å²) in [5.74, 6) is -0.0496. The summed E-state index contributed by atoms with van der Waals surface area (Å²) in [5, 5.41) is 0. The Labute approximate surface area is 90.5 Å². The number of halogens is 1. The van der Waals surface area contributed by atoms with Crippen LogP contribution in [0.1, 0.15) is 32.3 Å². The normalized spacial score (nSPS) is 15.3. The average Bonchev–Trinajstić information content (AvgIpc) is 2.17. The summed E-state index contributed by atoms with van der Waals surface area (Å²) < 4.78 is 32.8. The van der Waals surface area contributed by atoms with E-state index in [0.717, 1.165) is 0 Å². The second-order valence-corrected chi connectivity index (χ2v) is 6.20. The number of nitrogens with one attached hydrogen (secondary N) is 1. The summed E-state index contributed by atoms with van der Waals surface area (Å²) in [6, 6.07) is 4.45. The highest BCUT2D eigenvalue weighted by atomic mass is 32.2. The standard InChI is InChI=1S/C11H16FNOS/c1-4-15(13,14)9-5-6-10(8(2)3)11(12)7-9/h5-8,13H,4H2,1-3H3. The van der Waals surface area contributed by atoms with Crippen LogP contribution in [0.3, 0.4) is 0 Å². The van der Waals surface area contributed by atoms with Gasteiger partial charge in [-0.25, -0.2) is 13.4 Å². The van der Waals surface area contributed by atoms with Gasteiger partial charge in [0.05, 0.1) is 14.6 Å². The minimum absolute atomic E-state index is 0.0995. The fourth-order valence-electron chi connectivity index (χ4n) is 1.35. The zero-order chi connectivity index (χ0) is 11.6. The van der Waals surface area contributed by atoms with E-state index in [1.807, 2.05) is 13.8 Å². The molecular weight excluding hydrogens is 213 g/mol. The van der Waals surface area contributed by atoms with Crippen LogP contribution in [0.4, 0.5) is 4.39 Å². The molecule has 0 bridgehead atoms. The largest absolute Gasteiger partial charge is 0.249 e. The van der Waals surface area contributed by atoms with E-state index < -0.39 is 9.73 Å². The third-order valence-electron chi connectivity index (χ3n) is 2.38. The molecule has 0 radical (unpaired) electrons. The topological polar surface area (TPSA) is 40.9 Å². The Morgan fingerprint density at radius 3 is 2.47 bits per heavy atom. The minimum Gasteiger partial charge on any atom is -0.249 e. The lowest BCUT2D eigenvalue weighted by Gasteiger charge is -2.10. The van der Waals surface area contributed by atoms with Gasteiger partial charge in [-0.2, -0.15) is 0 Å².